The van der Waals surface area contributed by atoms with Crippen LogP contribution in [-0.2, 0) is 9.53 Å². The molecule has 2 heterocycles. The summed E-state index contributed by atoms with van der Waals surface area (Å²) in [5.41, 5.74) is 3.76. The molecule has 4 rings (SSSR count). The van der Waals surface area contributed by atoms with Crippen molar-refractivity contribution in [1.82, 2.24) is 20.2 Å². The molecule has 0 bridgehead atoms. The van der Waals surface area contributed by atoms with Crippen molar-refractivity contribution in [3.8, 4) is 17.2 Å². The second-order valence-electron chi connectivity index (χ2n) is 6.63. The lowest BCUT2D eigenvalue weighted by Crippen LogP contribution is -2.37. The highest BCUT2D eigenvalue weighted by Crippen LogP contribution is 2.39. The van der Waals surface area contributed by atoms with Gasteiger partial charge in [0.2, 0.25) is 0 Å². The number of carbonyl (C=O) groups excluding carboxylic acids is 1. The Morgan fingerprint density at radius 2 is 2.07 bits per heavy atom. The Morgan fingerprint density at radius 3 is 2.86 bits per heavy atom. The first-order chi connectivity index (χ1) is 14.1. The highest BCUT2D eigenvalue weighted by Gasteiger charge is 2.41. The zero-order chi connectivity index (χ0) is 20.4. The smallest absolute Gasteiger partial charge is 0.317 e. The minimum Gasteiger partial charge on any atom is -0.465 e. The van der Waals surface area contributed by atoms with Crippen molar-refractivity contribution < 1.29 is 9.53 Å². The molecule has 1 aliphatic rings. The summed E-state index contributed by atoms with van der Waals surface area (Å²) in [6.07, 6.45) is 0. The van der Waals surface area contributed by atoms with Crippen LogP contribution in [0.4, 0.5) is 5.95 Å². The monoisotopic (exact) mass is 386 g/mol. The van der Waals surface area contributed by atoms with Crippen LogP contribution in [0.3, 0.4) is 0 Å². The number of tetrazole rings is 1. The number of rotatable bonds is 4. The molecule has 0 N–H and O–H groups in total. The molecule has 0 spiro atoms. The number of nitriles is 1. The molecule has 2 unspecified atom stereocenters. The summed E-state index contributed by atoms with van der Waals surface area (Å²) in [5, 5.41) is 21.1. The lowest BCUT2D eigenvalue weighted by Gasteiger charge is -2.30. The van der Waals surface area contributed by atoms with Gasteiger partial charge in [-0.05, 0) is 53.1 Å². The third kappa shape index (κ3) is 3.27. The van der Waals surface area contributed by atoms with Crippen molar-refractivity contribution in [2.24, 2.45) is 10.9 Å². The Morgan fingerprint density at radius 1 is 1.24 bits per heavy atom. The van der Waals surface area contributed by atoms with Crippen molar-refractivity contribution in [1.29, 1.82) is 5.26 Å². The number of ether oxygens (including phenoxy) is 1. The maximum atomic E-state index is 12.8. The molecular weight excluding hydrogens is 368 g/mol. The summed E-state index contributed by atoms with van der Waals surface area (Å²) in [4.78, 5) is 17.2. The van der Waals surface area contributed by atoms with E-state index >= 15 is 0 Å². The molecule has 144 valence electrons. The summed E-state index contributed by atoms with van der Waals surface area (Å²) in [6, 6.07) is 16.7. The lowest BCUT2D eigenvalue weighted by atomic mass is 9.84. The predicted molar refractivity (Wildman–Crippen MR) is 105 cm³/mol. The average Bonchev–Trinajstić information content (AvgIpc) is 3.21. The third-order valence-electron chi connectivity index (χ3n) is 4.90. The van der Waals surface area contributed by atoms with Crippen molar-refractivity contribution in [3.63, 3.8) is 0 Å². The van der Waals surface area contributed by atoms with E-state index in [-0.39, 0.29) is 12.6 Å². The third-order valence-corrected chi connectivity index (χ3v) is 4.90. The molecule has 0 radical (unpaired) electrons. The highest BCUT2D eigenvalue weighted by molar-refractivity contribution is 6.03. The maximum Gasteiger partial charge on any atom is 0.317 e. The first-order valence-electron chi connectivity index (χ1n) is 9.23. The van der Waals surface area contributed by atoms with Gasteiger partial charge in [0.05, 0.1) is 18.2 Å². The van der Waals surface area contributed by atoms with Crippen molar-refractivity contribution in [2.75, 3.05) is 6.61 Å². The van der Waals surface area contributed by atoms with Crippen LogP contribution in [-0.4, -0.2) is 38.5 Å². The van der Waals surface area contributed by atoms with E-state index in [9.17, 15) is 10.1 Å². The zero-order valence-corrected chi connectivity index (χ0v) is 16.0. The van der Waals surface area contributed by atoms with E-state index in [1.165, 1.54) is 0 Å². The summed E-state index contributed by atoms with van der Waals surface area (Å²) >= 11 is 0. The normalized spacial score (nSPS) is 17.8. The fourth-order valence-corrected chi connectivity index (χ4v) is 3.66. The summed E-state index contributed by atoms with van der Waals surface area (Å²) in [5.74, 6) is -0.694. The van der Waals surface area contributed by atoms with Gasteiger partial charge in [0, 0.05) is 5.71 Å². The van der Waals surface area contributed by atoms with Gasteiger partial charge in [0.25, 0.3) is 5.95 Å². The Labute approximate surface area is 167 Å². The molecule has 0 amide bonds. The molecule has 0 saturated heterocycles. The quantitative estimate of drug-likeness (QED) is 0.638. The molecule has 2 aromatic carbocycles. The van der Waals surface area contributed by atoms with Crippen molar-refractivity contribution in [3.05, 3.63) is 59.7 Å². The Balaban J connectivity index is 1.91. The number of carbonyl (C=O) groups is 1. The number of esters is 1. The van der Waals surface area contributed by atoms with E-state index in [2.05, 4.69) is 26.6 Å². The standard InChI is InChI=1S/C21H18N6O2/c1-3-29-20(28)18-13(2)23-21-24-25-26-27(21)19(18)17-10-5-4-9-16(17)15-8-6-7-14(11-15)12-22/h4-11,18-19H,3H2,1-2H3. The minimum atomic E-state index is -0.661. The van der Waals surface area contributed by atoms with Gasteiger partial charge in [0.15, 0.2) is 0 Å². The fourth-order valence-electron chi connectivity index (χ4n) is 3.66. The number of hydrogen-bond acceptors (Lipinski definition) is 7. The van der Waals surface area contributed by atoms with Crippen LogP contribution in [0.5, 0.6) is 0 Å². The minimum absolute atomic E-state index is 0.268. The summed E-state index contributed by atoms with van der Waals surface area (Å²) in [6.45, 7) is 3.82. The molecule has 29 heavy (non-hydrogen) atoms. The molecule has 8 heteroatoms. The summed E-state index contributed by atoms with van der Waals surface area (Å²) in [7, 11) is 0. The topological polar surface area (TPSA) is 106 Å². The van der Waals surface area contributed by atoms with E-state index in [0.717, 1.165) is 16.7 Å². The number of aromatic nitrogens is 4. The fraction of sp³-hybridized carbons (Fsp3) is 0.238. The first kappa shape index (κ1) is 18.5. The van der Waals surface area contributed by atoms with Crippen LogP contribution in [0.2, 0.25) is 0 Å². The Hall–Kier alpha value is -3.86. The molecule has 0 fully saturated rings. The number of aliphatic imine (C=N–C) groups is 1. The predicted octanol–water partition coefficient (Wildman–Crippen LogP) is 3.09. The Kier molecular flexibility index (Phi) is 4.87. The van der Waals surface area contributed by atoms with Gasteiger partial charge in [-0.1, -0.05) is 41.5 Å². The number of nitrogens with zero attached hydrogens (tertiary/aromatic N) is 6. The molecule has 0 aliphatic carbocycles. The van der Waals surface area contributed by atoms with Crippen LogP contribution >= 0.6 is 0 Å². The van der Waals surface area contributed by atoms with Gasteiger partial charge in [-0.25, -0.2) is 9.67 Å². The number of benzene rings is 2. The second-order valence-corrected chi connectivity index (χ2v) is 6.63. The van der Waals surface area contributed by atoms with E-state index in [4.69, 9.17) is 4.74 Å². The van der Waals surface area contributed by atoms with Crippen LogP contribution in [0.1, 0.15) is 31.0 Å². The van der Waals surface area contributed by atoms with Gasteiger partial charge in [-0.15, -0.1) is 0 Å². The van der Waals surface area contributed by atoms with E-state index in [1.54, 1.807) is 24.6 Å². The van der Waals surface area contributed by atoms with Crippen molar-refractivity contribution in [2.45, 2.75) is 19.9 Å². The molecule has 1 aromatic heterocycles. The SMILES string of the molecule is CCOC(=O)C1C(C)=Nc2nnnn2C1c1ccccc1-c1cccc(C#N)c1. The van der Waals surface area contributed by atoms with Crippen LogP contribution in [0, 0.1) is 17.2 Å². The van der Waals surface area contributed by atoms with Gasteiger partial charge in [0.1, 0.15) is 12.0 Å². The lowest BCUT2D eigenvalue weighted by molar-refractivity contribution is -0.146. The van der Waals surface area contributed by atoms with E-state index < -0.39 is 12.0 Å². The Bertz CT molecular complexity index is 1140. The molecule has 2 atom stereocenters. The molecule has 1 aliphatic heterocycles. The average molecular weight is 386 g/mol. The van der Waals surface area contributed by atoms with E-state index in [1.807, 2.05) is 42.5 Å². The molecule has 0 saturated carbocycles. The van der Waals surface area contributed by atoms with Gasteiger partial charge in [-0.2, -0.15) is 5.26 Å². The number of fused-ring (bicyclic) bond motifs is 1. The van der Waals surface area contributed by atoms with Gasteiger partial charge >= 0.3 is 5.97 Å². The van der Waals surface area contributed by atoms with Crippen molar-refractivity contribution >= 4 is 17.6 Å². The van der Waals surface area contributed by atoms with E-state index in [0.29, 0.717) is 17.2 Å². The second kappa shape index (κ2) is 7.64. The van der Waals surface area contributed by atoms with Crippen LogP contribution in [0.25, 0.3) is 11.1 Å². The highest BCUT2D eigenvalue weighted by atomic mass is 16.5. The largest absolute Gasteiger partial charge is 0.465 e. The zero-order valence-electron chi connectivity index (χ0n) is 16.0. The van der Waals surface area contributed by atoms with Crippen LogP contribution < -0.4 is 0 Å². The number of hydrogen-bond donors (Lipinski definition) is 0. The molecule has 3 aromatic rings. The summed E-state index contributed by atoms with van der Waals surface area (Å²) < 4.78 is 6.89. The van der Waals surface area contributed by atoms with Gasteiger partial charge in [-0.3, -0.25) is 4.79 Å². The maximum absolute atomic E-state index is 12.8. The van der Waals surface area contributed by atoms with Crippen LogP contribution in [0.15, 0.2) is 53.5 Å². The molecular formula is C21H18N6O2. The van der Waals surface area contributed by atoms with Gasteiger partial charge < -0.3 is 4.74 Å². The first-order valence-corrected chi connectivity index (χ1v) is 9.23. The molecule has 8 nitrogen and oxygen atoms in total.